The summed E-state index contributed by atoms with van der Waals surface area (Å²) in [4.78, 5) is 42.4. The zero-order valence-corrected chi connectivity index (χ0v) is 26.4. The number of nitrogens with zero attached hydrogens (tertiary/aromatic N) is 1. The second-order valence-corrected chi connectivity index (χ2v) is 12.1. The van der Waals surface area contributed by atoms with Gasteiger partial charge in [-0.15, -0.1) is 0 Å². The van der Waals surface area contributed by atoms with E-state index in [2.05, 4.69) is 17.6 Å². The van der Waals surface area contributed by atoms with Crippen LogP contribution in [0, 0.1) is 13.8 Å². The molecule has 2 atom stereocenters. The number of aliphatic hydroxyl groups is 1. The van der Waals surface area contributed by atoms with Crippen molar-refractivity contribution in [1.82, 2.24) is 10.2 Å². The number of amides is 3. The maximum absolute atomic E-state index is 14.2. The Morgan fingerprint density at radius 1 is 0.884 bits per heavy atom. The van der Waals surface area contributed by atoms with Crippen LogP contribution in [0.1, 0.15) is 82.5 Å². The number of aryl methyl sites for hydroxylation is 2. The molecule has 3 aromatic rings. The molecule has 0 spiro atoms. The molecule has 8 heteroatoms. The average Bonchev–Trinajstić information content (AvgIpc) is 2.95. The second-order valence-electron chi connectivity index (χ2n) is 12.1. The van der Waals surface area contributed by atoms with E-state index in [-0.39, 0.29) is 12.5 Å². The Bertz CT molecular complexity index is 1400. The van der Waals surface area contributed by atoms with Gasteiger partial charge in [-0.25, -0.2) is 4.79 Å². The molecule has 0 aliphatic carbocycles. The maximum atomic E-state index is 14.2. The van der Waals surface area contributed by atoms with Crippen LogP contribution in [-0.2, 0) is 14.3 Å². The number of hydrogen-bond acceptors (Lipinski definition) is 5. The fourth-order valence-corrected chi connectivity index (χ4v) is 4.97. The van der Waals surface area contributed by atoms with E-state index in [1.165, 1.54) is 4.90 Å². The van der Waals surface area contributed by atoms with Crippen molar-refractivity contribution in [3.05, 3.63) is 77.4 Å². The Labute approximate surface area is 255 Å². The van der Waals surface area contributed by atoms with Crippen LogP contribution in [0.5, 0.6) is 0 Å². The number of benzene rings is 3. The quantitative estimate of drug-likeness (QED) is 0.190. The minimum atomic E-state index is -1.28. The molecule has 0 saturated heterocycles. The highest BCUT2D eigenvalue weighted by Crippen LogP contribution is 2.28. The lowest BCUT2D eigenvalue weighted by atomic mass is 9.97. The number of anilines is 1. The van der Waals surface area contributed by atoms with Crippen LogP contribution in [-0.4, -0.2) is 52.7 Å². The molecule has 3 amide bonds. The Hall–Kier alpha value is -3.91. The third-order valence-electron chi connectivity index (χ3n) is 7.38. The van der Waals surface area contributed by atoms with Gasteiger partial charge in [0.25, 0.3) is 5.91 Å². The van der Waals surface area contributed by atoms with E-state index in [1.807, 2.05) is 74.5 Å². The second kappa shape index (κ2) is 15.5. The number of carbonyl (C=O) groups is 3. The number of rotatable bonds is 13. The SMILES string of the molecule is CCCCCCCN(C(=O)C(CO)NC(=O)OC(C)(C)C)C(C(=O)Nc1ccc2ccccc2c1)c1ccc(C)c(C)c1. The Balaban J connectivity index is 2.01. The summed E-state index contributed by atoms with van der Waals surface area (Å²) < 4.78 is 5.35. The first-order valence-electron chi connectivity index (χ1n) is 15.2. The molecule has 0 fully saturated rings. The van der Waals surface area contributed by atoms with Crippen LogP contribution in [0.3, 0.4) is 0 Å². The van der Waals surface area contributed by atoms with Crippen molar-refractivity contribution in [3.8, 4) is 0 Å². The summed E-state index contributed by atoms with van der Waals surface area (Å²) in [5.41, 5.74) is 2.53. The smallest absolute Gasteiger partial charge is 0.408 e. The number of alkyl carbamates (subject to hydrolysis) is 1. The lowest BCUT2D eigenvalue weighted by molar-refractivity contribution is -0.141. The number of unbranched alkanes of at least 4 members (excludes halogenated alkanes) is 4. The summed E-state index contributed by atoms with van der Waals surface area (Å²) in [7, 11) is 0. The monoisotopic (exact) mass is 589 g/mol. The van der Waals surface area contributed by atoms with Crippen LogP contribution >= 0.6 is 0 Å². The van der Waals surface area contributed by atoms with Gasteiger partial charge in [0.2, 0.25) is 5.91 Å². The molecule has 3 rings (SSSR count). The summed E-state index contributed by atoms with van der Waals surface area (Å²) in [6.07, 6.45) is 3.90. The van der Waals surface area contributed by atoms with Crippen LogP contribution in [0.25, 0.3) is 10.8 Å². The van der Waals surface area contributed by atoms with E-state index in [9.17, 15) is 19.5 Å². The van der Waals surface area contributed by atoms with Crippen molar-refractivity contribution in [1.29, 1.82) is 0 Å². The highest BCUT2D eigenvalue weighted by molar-refractivity contribution is 6.00. The fourth-order valence-electron chi connectivity index (χ4n) is 4.97. The molecular weight excluding hydrogens is 542 g/mol. The first-order valence-corrected chi connectivity index (χ1v) is 15.2. The number of hydrogen-bond donors (Lipinski definition) is 3. The van der Waals surface area contributed by atoms with Gasteiger partial charge in [0.15, 0.2) is 0 Å². The van der Waals surface area contributed by atoms with Gasteiger partial charge in [-0.05, 0) is 80.6 Å². The van der Waals surface area contributed by atoms with Crippen molar-refractivity contribution in [2.24, 2.45) is 0 Å². The van der Waals surface area contributed by atoms with Crippen molar-refractivity contribution >= 4 is 34.4 Å². The standard InChI is InChI=1S/C35H47N3O5/c1-7-8-9-10-13-20-38(33(41)30(23-39)37-34(42)43-35(4,5)6)31(28-17-16-24(2)25(3)21-28)32(40)36-29-19-18-26-14-11-12-15-27(26)22-29/h11-12,14-19,21-22,30-31,39H,7-10,13,20,23H2,1-6H3,(H,36,40)(H,37,42). The van der Waals surface area contributed by atoms with E-state index in [4.69, 9.17) is 4.74 Å². The van der Waals surface area contributed by atoms with Crippen LogP contribution in [0.15, 0.2) is 60.7 Å². The van der Waals surface area contributed by atoms with Gasteiger partial charge in [-0.2, -0.15) is 0 Å². The first kappa shape index (κ1) is 33.6. The molecule has 0 aliphatic heterocycles. The number of nitrogens with one attached hydrogen (secondary N) is 2. The van der Waals surface area contributed by atoms with Gasteiger partial charge in [0.05, 0.1) is 6.61 Å². The molecule has 0 aromatic heterocycles. The van der Waals surface area contributed by atoms with E-state index < -0.39 is 36.3 Å². The molecule has 8 nitrogen and oxygen atoms in total. The predicted octanol–water partition coefficient (Wildman–Crippen LogP) is 6.82. The molecular formula is C35H47N3O5. The van der Waals surface area contributed by atoms with Crippen LogP contribution in [0.4, 0.5) is 10.5 Å². The normalized spacial score (nSPS) is 12.8. The van der Waals surface area contributed by atoms with E-state index in [0.717, 1.165) is 47.6 Å². The van der Waals surface area contributed by atoms with Gasteiger partial charge in [-0.1, -0.05) is 81.1 Å². The summed E-state index contributed by atoms with van der Waals surface area (Å²) in [6, 6.07) is 17.0. The minimum Gasteiger partial charge on any atom is -0.444 e. The van der Waals surface area contributed by atoms with Gasteiger partial charge in [-0.3, -0.25) is 9.59 Å². The Kier molecular flexibility index (Phi) is 12.1. The molecule has 3 N–H and O–H groups in total. The number of carbonyl (C=O) groups excluding carboxylic acids is 3. The molecule has 0 radical (unpaired) electrons. The number of ether oxygens (including phenoxy) is 1. The van der Waals surface area contributed by atoms with Crippen molar-refractivity contribution in [2.45, 2.75) is 91.3 Å². The van der Waals surface area contributed by atoms with E-state index in [1.54, 1.807) is 20.8 Å². The largest absolute Gasteiger partial charge is 0.444 e. The summed E-state index contributed by atoms with van der Waals surface area (Å²) in [5.74, 6) is -0.935. The van der Waals surface area contributed by atoms with E-state index in [0.29, 0.717) is 17.7 Å². The summed E-state index contributed by atoms with van der Waals surface area (Å²) >= 11 is 0. The van der Waals surface area contributed by atoms with Gasteiger partial charge < -0.3 is 25.4 Å². The molecule has 3 aromatic carbocycles. The van der Waals surface area contributed by atoms with Gasteiger partial charge >= 0.3 is 6.09 Å². The molecule has 2 unspecified atom stereocenters. The lowest BCUT2D eigenvalue weighted by Gasteiger charge is -2.34. The average molecular weight is 590 g/mol. The number of fused-ring (bicyclic) bond motifs is 1. The Morgan fingerprint density at radius 2 is 1.58 bits per heavy atom. The van der Waals surface area contributed by atoms with Crippen molar-refractivity contribution in [3.63, 3.8) is 0 Å². The molecule has 0 aliphatic rings. The first-order chi connectivity index (χ1) is 20.4. The molecule has 43 heavy (non-hydrogen) atoms. The third kappa shape index (κ3) is 9.82. The molecule has 0 heterocycles. The van der Waals surface area contributed by atoms with Gasteiger partial charge in [0, 0.05) is 12.2 Å². The highest BCUT2D eigenvalue weighted by atomic mass is 16.6. The minimum absolute atomic E-state index is 0.276. The zero-order chi connectivity index (χ0) is 31.6. The van der Waals surface area contributed by atoms with Crippen LogP contribution < -0.4 is 10.6 Å². The zero-order valence-electron chi connectivity index (χ0n) is 26.4. The number of aliphatic hydroxyl groups excluding tert-OH is 1. The van der Waals surface area contributed by atoms with Crippen molar-refractivity contribution in [2.75, 3.05) is 18.5 Å². The third-order valence-corrected chi connectivity index (χ3v) is 7.38. The van der Waals surface area contributed by atoms with E-state index >= 15 is 0 Å². The molecule has 232 valence electrons. The summed E-state index contributed by atoms with van der Waals surface area (Å²) in [5, 5.41) is 17.8. The summed E-state index contributed by atoms with van der Waals surface area (Å²) in [6.45, 7) is 10.9. The van der Waals surface area contributed by atoms with Crippen molar-refractivity contribution < 1.29 is 24.2 Å². The topological polar surface area (TPSA) is 108 Å². The predicted molar refractivity (Wildman–Crippen MR) is 172 cm³/mol. The Morgan fingerprint density at radius 3 is 2.23 bits per heavy atom. The lowest BCUT2D eigenvalue weighted by Crippen LogP contribution is -2.54. The van der Waals surface area contributed by atoms with Crippen LogP contribution in [0.2, 0.25) is 0 Å². The highest BCUT2D eigenvalue weighted by Gasteiger charge is 2.36. The molecule has 0 bridgehead atoms. The fraction of sp³-hybridized carbons (Fsp3) is 0.457. The maximum Gasteiger partial charge on any atom is 0.408 e. The molecule has 0 saturated carbocycles. The van der Waals surface area contributed by atoms with Gasteiger partial charge in [0.1, 0.15) is 17.7 Å².